The van der Waals surface area contributed by atoms with Crippen LogP contribution in [0, 0.1) is 6.92 Å². The lowest BCUT2D eigenvalue weighted by molar-refractivity contribution is 0.296. The Bertz CT molecular complexity index is 552. The van der Waals surface area contributed by atoms with Crippen LogP contribution in [0.5, 0.6) is 11.5 Å². The lowest BCUT2D eigenvalue weighted by atomic mass is 10.1. The number of ether oxygens (including phenoxy) is 2. The number of hydrogen-bond donors (Lipinski definition) is 1. The zero-order valence-corrected chi connectivity index (χ0v) is 11.3. The van der Waals surface area contributed by atoms with E-state index in [4.69, 9.17) is 15.2 Å². The van der Waals surface area contributed by atoms with Crippen molar-refractivity contribution in [1.82, 2.24) is 0 Å². The summed E-state index contributed by atoms with van der Waals surface area (Å²) in [6, 6.07) is 13.9. The standard InChI is InChI=1S/C16H19NO2/c1-12-6-7-16(18-2)14(8-12)11-19-15-5-3-4-13(9-15)10-17/h3-9H,10-11,17H2,1-2H3. The highest BCUT2D eigenvalue weighted by Crippen LogP contribution is 2.22. The Labute approximate surface area is 114 Å². The molecule has 0 aliphatic heterocycles. The Morgan fingerprint density at radius 1 is 1.11 bits per heavy atom. The topological polar surface area (TPSA) is 44.5 Å². The van der Waals surface area contributed by atoms with Gasteiger partial charge in [0.05, 0.1) is 7.11 Å². The Morgan fingerprint density at radius 3 is 2.68 bits per heavy atom. The SMILES string of the molecule is COc1ccc(C)cc1COc1cccc(CN)c1. The Morgan fingerprint density at radius 2 is 1.95 bits per heavy atom. The fourth-order valence-corrected chi connectivity index (χ4v) is 1.94. The van der Waals surface area contributed by atoms with Crippen molar-refractivity contribution < 1.29 is 9.47 Å². The van der Waals surface area contributed by atoms with Crippen LogP contribution < -0.4 is 15.2 Å². The molecule has 0 bridgehead atoms. The molecule has 0 aromatic heterocycles. The van der Waals surface area contributed by atoms with E-state index in [9.17, 15) is 0 Å². The fourth-order valence-electron chi connectivity index (χ4n) is 1.94. The van der Waals surface area contributed by atoms with Crippen LogP contribution in [0.1, 0.15) is 16.7 Å². The van der Waals surface area contributed by atoms with Crippen LogP contribution in [-0.4, -0.2) is 7.11 Å². The smallest absolute Gasteiger partial charge is 0.125 e. The predicted molar refractivity (Wildman–Crippen MR) is 76.4 cm³/mol. The molecule has 0 atom stereocenters. The molecule has 2 N–H and O–H groups in total. The third-order valence-electron chi connectivity index (χ3n) is 2.96. The molecule has 2 aromatic carbocycles. The van der Waals surface area contributed by atoms with Gasteiger partial charge in [-0.1, -0.05) is 23.8 Å². The van der Waals surface area contributed by atoms with Crippen molar-refractivity contribution in [2.75, 3.05) is 7.11 Å². The maximum atomic E-state index is 5.80. The average Bonchev–Trinajstić information content (AvgIpc) is 2.45. The van der Waals surface area contributed by atoms with Crippen LogP contribution in [-0.2, 0) is 13.2 Å². The van der Waals surface area contributed by atoms with E-state index in [1.165, 1.54) is 5.56 Å². The summed E-state index contributed by atoms with van der Waals surface area (Å²) >= 11 is 0. The van der Waals surface area contributed by atoms with E-state index in [0.717, 1.165) is 22.6 Å². The van der Waals surface area contributed by atoms with Crippen molar-refractivity contribution in [1.29, 1.82) is 0 Å². The van der Waals surface area contributed by atoms with Gasteiger partial charge in [-0.25, -0.2) is 0 Å². The molecule has 0 aliphatic carbocycles. The highest BCUT2D eigenvalue weighted by Gasteiger charge is 2.04. The normalized spacial score (nSPS) is 10.3. The molecule has 3 nitrogen and oxygen atoms in total. The van der Waals surface area contributed by atoms with Gasteiger partial charge in [0.2, 0.25) is 0 Å². The summed E-state index contributed by atoms with van der Waals surface area (Å²) in [5, 5.41) is 0. The molecule has 0 radical (unpaired) electrons. The molecule has 0 saturated heterocycles. The van der Waals surface area contributed by atoms with E-state index in [1.807, 2.05) is 36.4 Å². The lowest BCUT2D eigenvalue weighted by Crippen LogP contribution is -2.01. The molecule has 0 aliphatic rings. The maximum absolute atomic E-state index is 5.80. The Hall–Kier alpha value is -2.00. The molecule has 0 saturated carbocycles. The number of hydrogen-bond acceptors (Lipinski definition) is 3. The molecule has 0 spiro atoms. The van der Waals surface area contributed by atoms with Gasteiger partial charge in [0.1, 0.15) is 18.1 Å². The van der Waals surface area contributed by atoms with Crippen LogP contribution in [0.15, 0.2) is 42.5 Å². The summed E-state index contributed by atoms with van der Waals surface area (Å²) in [5.41, 5.74) is 8.91. The average molecular weight is 257 g/mol. The van der Waals surface area contributed by atoms with Crippen LogP contribution in [0.3, 0.4) is 0 Å². The third-order valence-corrected chi connectivity index (χ3v) is 2.96. The largest absolute Gasteiger partial charge is 0.496 e. The van der Waals surface area contributed by atoms with Crippen molar-refractivity contribution in [3.8, 4) is 11.5 Å². The van der Waals surface area contributed by atoms with E-state index in [2.05, 4.69) is 13.0 Å². The first-order valence-corrected chi connectivity index (χ1v) is 6.28. The molecule has 0 fully saturated rings. The number of benzene rings is 2. The third kappa shape index (κ3) is 3.48. The van der Waals surface area contributed by atoms with Crippen molar-refractivity contribution in [2.45, 2.75) is 20.1 Å². The molecule has 2 rings (SSSR count). The second-order valence-corrected chi connectivity index (χ2v) is 4.46. The first-order valence-electron chi connectivity index (χ1n) is 6.28. The molecule has 2 aromatic rings. The molecular weight excluding hydrogens is 238 g/mol. The number of nitrogens with two attached hydrogens (primary N) is 1. The number of aryl methyl sites for hydroxylation is 1. The summed E-state index contributed by atoms with van der Waals surface area (Å²) in [4.78, 5) is 0. The van der Waals surface area contributed by atoms with Gasteiger partial charge in [-0.3, -0.25) is 0 Å². The summed E-state index contributed by atoms with van der Waals surface area (Å²) in [7, 11) is 1.67. The highest BCUT2D eigenvalue weighted by atomic mass is 16.5. The van der Waals surface area contributed by atoms with E-state index in [0.29, 0.717) is 13.2 Å². The number of methoxy groups -OCH3 is 1. The predicted octanol–water partition coefficient (Wildman–Crippen LogP) is 3.04. The second kappa shape index (κ2) is 6.25. The van der Waals surface area contributed by atoms with Gasteiger partial charge >= 0.3 is 0 Å². The van der Waals surface area contributed by atoms with Gasteiger partial charge < -0.3 is 15.2 Å². The van der Waals surface area contributed by atoms with Crippen molar-refractivity contribution in [3.63, 3.8) is 0 Å². The van der Waals surface area contributed by atoms with Crippen LogP contribution in [0.2, 0.25) is 0 Å². The van der Waals surface area contributed by atoms with Crippen LogP contribution in [0.4, 0.5) is 0 Å². The summed E-state index contributed by atoms with van der Waals surface area (Å²) in [6.07, 6.45) is 0. The minimum atomic E-state index is 0.485. The first kappa shape index (κ1) is 13.4. The van der Waals surface area contributed by atoms with Crippen LogP contribution >= 0.6 is 0 Å². The van der Waals surface area contributed by atoms with Gasteiger partial charge in [-0.2, -0.15) is 0 Å². The quantitative estimate of drug-likeness (QED) is 0.895. The van der Waals surface area contributed by atoms with E-state index >= 15 is 0 Å². The molecule has 100 valence electrons. The monoisotopic (exact) mass is 257 g/mol. The van der Waals surface area contributed by atoms with Gasteiger partial charge in [-0.05, 0) is 36.8 Å². The van der Waals surface area contributed by atoms with E-state index in [1.54, 1.807) is 7.11 Å². The minimum absolute atomic E-state index is 0.485. The van der Waals surface area contributed by atoms with Crippen LogP contribution in [0.25, 0.3) is 0 Å². The molecular formula is C16H19NO2. The molecule has 19 heavy (non-hydrogen) atoms. The summed E-state index contributed by atoms with van der Waals surface area (Å²) in [6.45, 7) is 3.06. The van der Waals surface area contributed by atoms with Crippen molar-refractivity contribution in [3.05, 3.63) is 59.2 Å². The van der Waals surface area contributed by atoms with Crippen molar-refractivity contribution in [2.24, 2.45) is 5.73 Å². The van der Waals surface area contributed by atoms with Gasteiger partial charge in [0, 0.05) is 12.1 Å². The molecule has 0 unspecified atom stereocenters. The van der Waals surface area contributed by atoms with Gasteiger partial charge in [0.25, 0.3) is 0 Å². The first-order chi connectivity index (χ1) is 9.22. The molecule has 3 heteroatoms. The summed E-state index contributed by atoms with van der Waals surface area (Å²) in [5.74, 6) is 1.67. The van der Waals surface area contributed by atoms with Crippen molar-refractivity contribution >= 4 is 0 Å². The lowest BCUT2D eigenvalue weighted by Gasteiger charge is -2.11. The molecule has 0 amide bonds. The molecule has 0 heterocycles. The second-order valence-electron chi connectivity index (χ2n) is 4.46. The highest BCUT2D eigenvalue weighted by molar-refractivity contribution is 5.37. The van der Waals surface area contributed by atoms with E-state index in [-0.39, 0.29) is 0 Å². The van der Waals surface area contributed by atoms with Gasteiger partial charge in [-0.15, -0.1) is 0 Å². The van der Waals surface area contributed by atoms with E-state index < -0.39 is 0 Å². The zero-order chi connectivity index (χ0) is 13.7. The maximum Gasteiger partial charge on any atom is 0.125 e. The fraction of sp³-hybridized carbons (Fsp3) is 0.250. The minimum Gasteiger partial charge on any atom is -0.496 e. The Kier molecular flexibility index (Phi) is 4.42. The van der Waals surface area contributed by atoms with Gasteiger partial charge in [0.15, 0.2) is 0 Å². The summed E-state index contributed by atoms with van der Waals surface area (Å²) < 4.78 is 11.1. The zero-order valence-electron chi connectivity index (χ0n) is 11.3. The number of rotatable bonds is 5. The Balaban J connectivity index is 2.11.